The molecule has 456 valence electrons. The van der Waals surface area contributed by atoms with Crippen LogP contribution in [0.1, 0.15) is 203 Å². The highest BCUT2D eigenvalue weighted by Crippen LogP contribution is 2.50. The van der Waals surface area contributed by atoms with E-state index in [9.17, 15) is 0 Å². The van der Waals surface area contributed by atoms with Gasteiger partial charge in [0.1, 0.15) is 29.6 Å². The smallest absolute Gasteiger partial charge is 0.217 e. The van der Waals surface area contributed by atoms with Crippen molar-refractivity contribution in [1.82, 2.24) is 0 Å². The van der Waals surface area contributed by atoms with Crippen LogP contribution in [0.2, 0.25) is 0 Å². The van der Waals surface area contributed by atoms with E-state index in [1.807, 2.05) is 60.7 Å². The normalized spacial score (nSPS) is 14.3. The maximum absolute atomic E-state index is 17.7. The number of hydrogen-bond acceptors (Lipinski definition) is 8. The molecule has 0 fully saturated rings. The van der Waals surface area contributed by atoms with Crippen molar-refractivity contribution in [3.63, 3.8) is 0 Å². The summed E-state index contributed by atoms with van der Waals surface area (Å²) in [4.78, 5) is 5.43. The molecule has 8 bridgehead atoms. The lowest BCUT2D eigenvalue weighted by atomic mass is 9.80. The van der Waals surface area contributed by atoms with Crippen molar-refractivity contribution >= 4 is 52.2 Å². The van der Waals surface area contributed by atoms with Crippen LogP contribution in [0, 0.1) is 5.92 Å². The summed E-state index contributed by atoms with van der Waals surface area (Å²) in [7, 11) is -3.81. The van der Waals surface area contributed by atoms with E-state index in [0.29, 0.717) is 69.9 Å². The van der Waals surface area contributed by atoms with Gasteiger partial charge in [-0.05, 0) is 116 Å². The molecular formula is C73H98Cl2NO7P. The largest absolute Gasteiger partial charge is 0.493 e. The van der Waals surface area contributed by atoms with E-state index in [0.717, 1.165) is 109 Å². The zero-order valence-electron chi connectivity index (χ0n) is 53.6. The molecule has 84 heavy (non-hydrogen) atoms. The van der Waals surface area contributed by atoms with Crippen molar-refractivity contribution in [2.24, 2.45) is 10.9 Å². The first-order chi connectivity index (χ1) is 39.9. The van der Waals surface area contributed by atoms with Gasteiger partial charge in [-0.25, -0.2) is 4.99 Å². The maximum atomic E-state index is 17.7. The Morgan fingerprint density at radius 2 is 0.845 bits per heavy atom. The number of nitrogens with zero attached hydrogens (tertiary/aromatic N) is 1. The summed E-state index contributed by atoms with van der Waals surface area (Å²) in [6, 6.07) is 36.5. The number of aliphatic hydroxyl groups excluding tert-OH is 1. The molecule has 0 amide bonds. The van der Waals surface area contributed by atoms with Crippen molar-refractivity contribution in [3.8, 4) is 23.0 Å². The molecule has 1 atom stereocenters. The van der Waals surface area contributed by atoms with E-state index in [2.05, 4.69) is 146 Å². The lowest BCUT2D eigenvalue weighted by molar-refractivity contribution is 0.291. The zero-order chi connectivity index (χ0) is 61.6. The predicted octanol–water partition coefficient (Wildman–Crippen LogP) is 17.3. The van der Waals surface area contributed by atoms with Gasteiger partial charge in [0.15, 0.2) is 7.14 Å². The van der Waals surface area contributed by atoms with E-state index < -0.39 is 7.14 Å². The number of hydrogen-bond donors (Lipinski definition) is 1. The first-order valence-electron chi connectivity index (χ1n) is 30.8. The molecule has 1 aliphatic carbocycles. The Hall–Kier alpha value is -5.24. The van der Waals surface area contributed by atoms with Crippen molar-refractivity contribution in [1.29, 1.82) is 0 Å². The predicted molar refractivity (Wildman–Crippen MR) is 356 cm³/mol. The Bertz CT molecular complexity index is 3140. The van der Waals surface area contributed by atoms with Gasteiger partial charge in [0.05, 0.1) is 37.8 Å². The first kappa shape index (κ1) is 67.9. The fourth-order valence-corrected chi connectivity index (χ4v) is 13.9. The standard InChI is InChI=1S/C70H90NO6P.C2H6O.CH2Cl2/c1-16-30-73-62-47-34-48-38-55(69(10,11)12)41-51(63(48)74-31-17-2)36-52-44-60(67-71-61(45-77-67)46(5)6)66(78(72,57-26-22-20-23-27-57)58-28-24-21-25-29-58)59(65(52)76-33-19-4)43-53-42-56(70(13,14)15)40-50(64(53)75-32-18-3)35-49(62)39-54(37-47)68(7,8)9;1-2-3;2-1-3/h20-29,37-42,44,46,61H,16-19,30-36,43,45H2,1-15H3;3H,2H2,1H3;1H2/t61-;;/m1../s1. The summed E-state index contributed by atoms with van der Waals surface area (Å²) in [6.07, 6.45) is 5.32. The molecule has 1 N–H and O–H groups in total. The summed E-state index contributed by atoms with van der Waals surface area (Å²) in [5, 5.41) is 9.91. The van der Waals surface area contributed by atoms with E-state index in [1.165, 1.54) is 16.7 Å². The van der Waals surface area contributed by atoms with Crippen LogP contribution in [0.4, 0.5) is 0 Å². The van der Waals surface area contributed by atoms with E-state index in [4.69, 9.17) is 57.0 Å². The van der Waals surface area contributed by atoms with Crippen molar-refractivity contribution < 1.29 is 33.4 Å². The van der Waals surface area contributed by atoms with E-state index in [-0.39, 0.29) is 40.2 Å². The summed E-state index contributed by atoms with van der Waals surface area (Å²) >= 11 is 9.53. The molecule has 0 aromatic heterocycles. The number of fused-ring (bicyclic) bond motifs is 8. The Morgan fingerprint density at radius 1 is 0.536 bits per heavy atom. The minimum atomic E-state index is -3.81. The summed E-state index contributed by atoms with van der Waals surface area (Å²) in [5.74, 6) is 4.14. The molecule has 8 rings (SSSR count). The summed E-state index contributed by atoms with van der Waals surface area (Å²) in [6.45, 7) is 38.3. The van der Waals surface area contributed by atoms with Crippen LogP contribution in [-0.4, -0.2) is 62.0 Å². The number of aliphatic hydroxyl groups is 1. The number of rotatable bonds is 17. The van der Waals surface area contributed by atoms with Gasteiger partial charge in [-0.1, -0.05) is 201 Å². The van der Waals surface area contributed by atoms with Crippen LogP contribution in [0.3, 0.4) is 0 Å². The molecule has 8 nitrogen and oxygen atoms in total. The Labute approximate surface area is 515 Å². The van der Waals surface area contributed by atoms with Gasteiger partial charge in [0.2, 0.25) is 5.90 Å². The Kier molecular flexibility index (Phi) is 24.6. The van der Waals surface area contributed by atoms with E-state index >= 15 is 4.57 Å². The SMILES string of the molecule is CCCOc1c2cc(C(C)(C)C)cc1Cc1cc(C(C)(C)C)cc(c1OCCC)Cc1c(OCCC)c(cc(C3=N[C@@H](C(C)C)CO3)c1P(=O)(c1ccccc1)c1ccccc1)Cc1cc(C(C)(C)C)cc(c1OCCC)C2.CCO.ClCCl. The number of aliphatic imine (C=N–C) groups is 1. The molecule has 0 unspecified atom stereocenters. The third kappa shape index (κ3) is 16.4. The molecule has 0 spiro atoms. The zero-order valence-corrected chi connectivity index (χ0v) is 56.0. The molecule has 0 radical (unpaired) electrons. The minimum absolute atomic E-state index is 0.0728. The summed E-state index contributed by atoms with van der Waals surface area (Å²) < 4.78 is 53.3. The van der Waals surface area contributed by atoms with Crippen LogP contribution >= 0.6 is 30.3 Å². The quantitative estimate of drug-likeness (QED) is 0.0717. The Balaban J connectivity index is 0.00000181. The molecular weight excluding hydrogens is 1100 g/mol. The lowest BCUT2D eigenvalue weighted by Gasteiger charge is -2.31. The molecule has 2 aliphatic rings. The van der Waals surface area contributed by atoms with Crippen molar-refractivity contribution in [3.05, 3.63) is 170 Å². The van der Waals surface area contributed by atoms with Crippen LogP contribution in [-0.2, 0) is 51.2 Å². The van der Waals surface area contributed by atoms with Gasteiger partial charge < -0.3 is 33.4 Å². The molecule has 1 aliphatic heterocycles. The minimum Gasteiger partial charge on any atom is -0.493 e. The monoisotopic (exact) mass is 1200 g/mol. The Morgan fingerprint density at radius 3 is 1.14 bits per heavy atom. The molecule has 1 heterocycles. The fraction of sp³-hybridized carbons (Fsp3) is 0.493. The molecule has 0 saturated carbocycles. The molecule has 6 aromatic rings. The maximum Gasteiger partial charge on any atom is 0.217 e. The van der Waals surface area contributed by atoms with Gasteiger partial charge in [0.25, 0.3) is 0 Å². The molecule has 0 saturated heterocycles. The second kappa shape index (κ2) is 30.4. The highest BCUT2D eigenvalue weighted by molar-refractivity contribution is 7.85. The van der Waals surface area contributed by atoms with Gasteiger partial charge in [0, 0.05) is 59.3 Å². The summed E-state index contributed by atoms with van der Waals surface area (Å²) in [5.41, 5.74) is 12.2. The highest BCUT2D eigenvalue weighted by Gasteiger charge is 2.41. The third-order valence-electron chi connectivity index (χ3n) is 15.3. The topological polar surface area (TPSA) is 95.8 Å². The van der Waals surface area contributed by atoms with Crippen LogP contribution in [0.25, 0.3) is 0 Å². The number of alkyl halides is 2. The van der Waals surface area contributed by atoms with Gasteiger partial charge >= 0.3 is 0 Å². The van der Waals surface area contributed by atoms with Gasteiger partial charge in [-0.3, -0.25) is 0 Å². The van der Waals surface area contributed by atoms with Crippen LogP contribution < -0.4 is 34.9 Å². The van der Waals surface area contributed by atoms with Crippen LogP contribution in [0.15, 0.2) is 108 Å². The van der Waals surface area contributed by atoms with Crippen molar-refractivity contribution in [2.45, 2.75) is 184 Å². The van der Waals surface area contributed by atoms with Gasteiger partial charge in [-0.2, -0.15) is 0 Å². The average Bonchev–Trinajstić information content (AvgIpc) is 1.09. The fourth-order valence-electron chi connectivity index (χ4n) is 10.9. The lowest BCUT2D eigenvalue weighted by Crippen LogP contribution is -2.33. The number of halogens is 2. The highest BCUT2D eigenvalue weighted by atomic mass is 35.5. The molecule has 11 heteroatoms. The average molecular weight is 1200 g/mol. The second-order valence-electron chi connectivity index (χ2n) is 25.7. The van der Waals surface area contributed by atoms with Crippen molar-refractivity contribution in [2.75, 3.05) is 45.0 Å². The third-order valence-corrected chi connectivity index (χ3v) is 18.5. The number of benzene rings is 6. The first-order valence-corrected chi connectivity index (χ1v) is 33.5. The molecule has 6 aromatic carbocycles. The van der Waals surface area contributed by atoms with Gasteiger partial charge in [-0.15, -0.1) is 23.2 Å². The second-order valence-corrected chi connectivity index (χ2v) is 29.2. The number of ether oxygens (including phenoxy) is 5. The van der Waals surface area contributed by atoms with Crippen LogP contribution in [0.5, 0.6) is 23.0 Å². The van der Waals surface area contributed by atoms with E-state index in [1.54, 1.807) is 6.92 Å².